The van der Waals surface area contributed by atoms with E-state index in [1.807, 2.05) is 6.07 Å². The third kappa shape index (κ3) is 5.77. The van der Waals surface area contributed by atoms with E-state index in [0.29, 0.717) is 9.52 Å². The van der Waals surface area contributed by atoms with Crippen molar-refractivity contribution in [1.29, 1.82) is 0 Å². The van der Waals surface area contributed by atoms with Gasteiger partial charge in [-0.3, -0.25) is 0 Å². The van der Waals surface area contributed by atoms with Crippen LogP contribution in [0.5, 0.6) is 0 Å². The summed E-state index contributed by atoms with van der Waals surface area (Å²) >= 11 is 0. The van der Waals surface area contributed by atoms with Gasteiger partial charge in [0.25, 0.3) is 0 Å². The van der Waals surface area contributed by atoms with Crippen LogP contribution in [0.3, 0.4) is 0 Å². The lowest BCUT2D eigenvalue weighted by Gasteiger charge is -2.01. The molecule has 0 N–H and O–H groups in total. The van der Waals surface area contributed by atoms with Gasteiger partial charge in [-0.1, -0.05) is 144 Å². The van der Waals surface area contributed by atoms with Crippen LogP contribution in [-0.4, -0.2) is 9.52 Å². The first-order chi connectivity index (χ1) is 14.3. The van der Waals surface area contributed by atoms with E-state index in [1.165, 1.54) is 32.6 Å². The molecule has 0 saturated heterocycles. The average Bonchev–Trinajstić information content (AvgIpc) is 2.79. The van der Waals surface area contributed by atoms with Crippen LogP contribution in [0.1, 0.15) is 22.3 Å². The van der Waals surface area contributed by atoms with Gasteiger partial charge in [-0.25, -0.2) is 0 Å². The van der Waals surface area contributed by atoms with E-state index in [0.717, 1.165) is 0 Å². The second-order valence-electron chi connectivity index (χ2n) is 6.86. The minimum atomic E-state index is 0.705. The molecule has 0 bridgehead atoms. The van der Waals surface area contributed by atoms with Gasteiger partial charge in [0.2, 0.25) is 0 Å². The zero-order valence-corrected chi connectivity index (χ0v) is 17.2. The van der Waals surface area contributed by atoms with E-state index >= 15 is 0 Å². The molecule has 0 spiro atoms. The fourth-order valence-corrected chi connectivity index (χ4v) is 4.06. The van der Waals surface area contributed by atoms with Gasteiger partial charge in [0.1, 0.15) is 9.52 Å². The molecule has 4 aromatic rings. The molecule has 29 heavy (non-hydrogen) atoms. The van der Waals surface area contributed by atoms with E-state index in [1.54, 1.807) is 0 Å². The summed E-state index contributed by atoms with van der Waals surface area (Å²) < 4.78 is 0. The van der Waals surface area contributed by atoms with Crippen LogP contribution in [-0.2, 0) is 0 Å². The summed E-state index contributed by atoms with van der Waals surface area (Å²) in [6.07, 6.45) is 8.63. The molecule has 0 nitrogen and oxygen atoms in total. The third-order valence-electron chi connectivity index (χ3n) is 4.65. The number of hydrogen-bond donors (Lipinski definition) is 0. The fraction of sp³-hybridized carbons (Fsp3) is 0. The van der Waals surface area contributed by atoms with Crippen molar-refractivity contribution in [3.8, 4) is 0 Å². The van der Waals surface area contributed by atoms with Crippen LogP contribution in [0.2, 0.25) is 0 Å². The number of rotatable bonds is 6. The molecule has 0 aliphatic heterocycles. The lowest BCUT2D eigenvalue weighted by Crippen LogP contribution is -2.26. The highest BCUT2D eigenvalue weighted by Gasteiger charge is 1.97. The van der Waals surface area contributed by atoms with Gasteiger partial charge in [-0.15, -0.1) is 0 Å². The Hall–Kier alpha value is -3.42. The van der Waals surface area contributed by atoms with Crippen molar-refractivity contribution in [3.63, 3.8) is 0 Å². The van der Waals surface area contributed by atoms with Gasteiger partial charge in [-0.2, -0.15) is 0 Å². The summed E-state index contributed by atoms with van der Waals surface area (Å²) in [5.74, 6) is 0. The summed E-state index contributed by atoms with van der Waals surface area (Å²) in [5, 5.41) is 2.74. The Bertz CT molecular complexity index is 1070. The van der Waals surface area contributed by atoms with Crippen LogP contribution >= 0.6 is 0 Å². The van der Waals surface area contributed by atoms with Gasteiger partial charge in [0.05, 0.1) is 0 Å². The summed E-state index contributed by atoms with van der Waals surface area (Å²) in [4.78, 5) is 0. The Kier molecular flexibility index (Phi) is 6.31. The Morgan fingerprint density at radius 3 is 1.17 bits per heavy atom. The topological polar surface area (TPSA) is 0 Å². The standard InChI is InChI=1S/C28H22Si/c1-3-7-23(8-4-1)11-12-24-13-15-25(16-14-24)17-18-26-19-21-28(22-20-26)29-27-9-5-2-6-10-27/h1-22H/b12-11+,18-17+. The summed E-state index contributed by atoms with van der Waals surface area (Å²) in [5.41, 5.74) is 4.85. The van der Waals surface area contributed by atoms with E-state index in [9.17, 15) is 0 Å². The SMILES string of the molecule is C(=C\c1ccc(/C=C/c2ccc([Si]c3ccccc3)cc2)cc1)/c1ccccc1. The fourth-order valence-electron chi connectivity index (χ4n) is 3.03. The minimum Gasteiger partial charge on any atom is -0.0631 e. The van der Waals surface area contributed by atoms with Crippen LogP contribution in [0, 0.1) is 0 Å². The summed E-state index contributed by atoms with van der Waals surface area (Å²) in [6.45, 7) is 0. The molecule has 1 heteroatoms. The minimum absolute atomic E-state index is 0.705. The van der Waals surface area contributed by atoms with Crippen molar-refractivity contribution in [1.82, 2.24) is 0 Å². The van der Waals surface area contributed by atoms with Crippen LogP contribution in [0.15, 0.2) is 109 Å². The molecule has 0 aromatic heterocycles. The predicted molar refractivity (Wildman–Crippen MR) is 129 cm³/mol. The van der Waals surface area contributed by atoms with E-state index < -0.39 is 0 Å². The number of hydrogen-bond acceptors (Lipinski definition) is 0. The number of benzene rings is 4. The maximum atomic E-state index is 2.22. The summed E-state index contributed by atoms with van der Waals surface area (Å²) in [7, 11) is 0.705. The van der Waals surface area contributed by atoms with Crippen LogP contribution < -0.4 is 10.4 Å². The van der Waals surface area contributed by atoms with E-state index in [-0.39, 0.29) is 0 Å². The molecule has 0 heterocycles. The van der Waals surface area contributed by atoms with Gasteiger partial charge in [-0.05, 0) is 22.3 Å². The molecule has 2 radical (unpaired) electrons. The molecular weight excluding hydrogens is 364 g/mol. The molecule has 0 unspecified atom stereocenters. The lowest BCUT2D eigenvalue weighted by atomic mass is 10.1. The van der Waals surface area contributed by atoms with E-state index in [4.69, 9.17) is 0 Å². The first-order valence-corrected chi connectivity index (χ1v) is 10.8. The second kappa shape index (κ2) is 9.68. The Balaban J connectivity index is 1.37. The van der Waals surface area contributed by atoms with Crippen molar-refractivity contribution in [3.05, 3.63) is 131 Å². The first-order valence-electron chi connectivity index (χ1n) is 9.79. The van der Waals surface area contributed by atoms with Crippen molar-refractivity contribution in [2.75, 3.05) is 0 Å². The molecule has 0 aliphatic carbocycles. The van der Waals surface area contributed by atoms with Crippen molar-refractivity contribution in [2.45, 2.75) is 0 Å². The third-order valence-corrected chi connectivity index (χ3v) is 5.89. The molecule has 138 valence electrons. The zero-order chi connectivity index (χ0) is 19.7. The highest BCUT2D eigenvalue weighted by Crippen LogP contribution is 2.12. The van der Waals surface area contributed by atoms with Crippen molar-refractivity contribution in [2.24, 2.45) is 0 Å². The molecule has 0 atom stereocenters. The molecule has 0 fully saturated rings. The van der Waals surface area contributed by atoms with Crippen LogP contribution in [0.25, 0.3) is 24.3 Å². The Morgan fingerprint density at radius 1 is 0.345 bits per heavy atom. The molecule has 4 rings (SSSR count). The predicted octanol–water partition coefficient (Wildman–Crippen LogP) is 5.68. The van der Waals surface area contributed by atoms with Crippen LogP contribution in [0.4, 0.5) is 0 Å². The van der Waals surface area contributed by atoms with Gasteiger partial charge >= 0.3 is 0 Å². The molecule has 4 aromatic carbocycles. The Morgan fingerprint density at radius 2 is 0.690 bits per heavy atom. The van der Waals surface area contributed by atoms with Gasteiger partial charge < -0.3 is 0 Å². The maximum Gasteiger partial charge on any atom is 0.121 e. The lowest BCUT2D eigenvalue weighted by molar-refractivity contribution is 1.62. The van der Waals surface area contributed by atoms with E-state index in [2.05, 4.69) is 127 Å². The quantitative estimate of drug-likeness (QED) is 0.295. The first kappa shape index (κ1) is 18.9. The smallest absolute Gasteiger partial charge is 0.0631 e. The highest BCUT2D eigenvalue weighted by atomic mass is 28.2. The Labute approximate surface area is 175 Å². The normalized spacial score (nSPS) is 11.3. The highest BCUT2D eigenvalue weighted by molar-refractivity contribution is 6.67. The molecule has 0 aliphatic rings. The maximum absolute atomic E-state index is 2.22. The average molecular weight is 387 g/mol. The van der Waals surface area contributed by atoms with Gasteiger partial charge in [0, 0.05) is 0 Å². The van der Waals surface area contributed by atoms with Gasteiger partial charge in [0.15, 0.2) is 0 Å². The molecule has 0 saturated carbocycles. The molecule has 0 amide bonds. The van der Waals surface area contributed by atoms with Crippen molar-refractivity contribution >= 4 is 44.2 Å². The zero-order valence-electron chi connectivity index (χ0n) is 16.2. The monoisotopic (exact) mass is 386 g/mol. The van der Waals surface area contributed by atoms with Crippen molar-refractivity contribution < 1.29 is 0 Å². The molecular formula is C28H22Si. The second-order valence-corrected chi connectivity index (χ2v) is 8.26. The largest absolute Gasteiger partial charge is 0.121 e. The summed E-state index contributed by atoms with van der Waals surface area (Å²) in [6, 6.07) is 38.5.